The lowest BCUT2D eigenvalue weighted by molar-refractivity contribution is -0.143. The van der Waals surface area contributed by atoms with Crippen LogP contribution in [0.4, 0.5) is 26.3 Å². The largest absolute Gasteiger partial charge is 0.416 e. The molecule has 1 saturated carbocycles. The first kappa shape index (κ1) is 29.4. The highest BCUT2D eigenvalue weighted by Gasteiger charge is 2.38. The smallest absolute Gasteiger partial charge is 0.344 e. The Balaban J connectivity index is 1.46. The maximum Gasteiger partial charge on any atom is 0.416 e. The zero-order valence-electron chi connectivity index (χ0n) is 22.2. The summed E-state index contributed by atoms with van der Waals surface area (Å²) < 4.78 is 79.6. The first-order chi connectivity index (χ1) is 18.3. The van der Waals surface area contributed by atoms with Crippen LogP contribution < -0.4 is 0 Å². The van der Waals surface area contributed by atoms with E-state index < -0.39 is 29.5 Å². The Kier molecular flexibility index (Phi) is 8.95. The molecule has 2 aliphatic rings. The lowest BCUT2D eigenvalue weighted by Crippen LogP contribution is -2.49. The summed E-state index contributed by atoms with van der Waals surface area (Å²) in [6, 6.07) is 10.8. The first-order valence-corrected chi connectivity index (χ1v) is 13.4. The van der Waals surface area contributed by atoms with Crippen molar-refractivity contribution in [2.45, 2.75) is 56.5 Å². The Hall–Kier alpha value is -2.59. The van der Waals surface area contributed by atoms with Crippen molar-refractivity contribution in [3.05, 3.63) is 70.8 Å². The van der Waals surface area contributed by atoms with E-state index in [-0.39, 0.29) is 30.5 Å². The molecule has 1 heterocycles. The fourth-order valence-electron chi connectivity index (χ4n) is 5.37. The van der Waals surface area contributed by atoms with Crippen LogP contribution in [0, 0.1) is 5.92 Å². The van der Waals surface area contributed by atoms with Crippen molar-refractivity contribution in [1.82, 2.24) is 14.7 Å². The van der Waals surface area contributed by atoms with Crippen molar-refractivity contribution in [3.63, 3.8) is 0 Å². The quantitative estimate of drug-likeness (QED) is 0.341. The number of amides is 1. The molecule has 2 fully saturated rings. The molecule has 0 N–H and O–H groups in total. The fraction of sp³-hybridized carbons (Fsp3) is 0.552. The summed E-state index contributed by atoms with van der Waals surface area (Å²) in [7, 11) is 3.71. The minimum absolute atomic E-state index is 0.0125. The van der Waals surface area contributed by atoms with Crippen LogP contribution >= 0.6 is 0 Å². The molecule has 2 aromatic rings. The molecule has 10 heteroatoms. The van der Waals surface area contributed by atoms with Gasteiger partial charge in [-0.15, -0.1) is 0 Å². The minimum atomic E-state index is -4.91. The van der Waals surface area contributed by atoms with E-state index in [9.17, 15) is 31.1 Å². The zero-order chi connectivity index (χ0) is 28.4. The Labute approximate surface area is 225 Å². The number of hydrogen-bond acceptors (Lipinski definition) is 3. The van der Waals surface area contributed by atoms with Gasteiger partial charge in [-0.2, -0.15) is 26.3 Å². The molecule has 4 rings (SSSR count). The van der Waals surface area contributed by atoms with Gasteiger partial charge in [0, 0.05) is 39.3 Å². The van der Waals surface area contributed by atoms with Crippen LogP contribution in [0.1, 0.15) is 54.0 Å². The van der Waals surface area contributed by atoms with Gasteiger partial charge in [0.25, 0.3) is 0 Å². The number of likely N-dealkylation sites (N-methyl/N-ethyl adjacent to an activating group) is 1. The van der Waals surface area contributed by atoms with Crippen LogP contribution in [0.25, 0.3) is 0 Å². The van der Waals surface area contributed by atoms with Gasteiger partial charge in [-0.25, -0.2) is 0 Å². The lowest BCUT2D eigenvalue weighted by Gasteiger charge is -2.41. The Morgan fingerprint density at radius 3 is 1.97 bits per heavy atom. The standard InChI is InChI=1S/C29H35F6N3O/c1-36(13-10-21-16-23(28(30,31)32)18-24(17-21)29(33,34)35)27(39)26(22-6-4-3-5-7-22)38-14-11-25(12-15-38)37(2)19-20-8-9-20/h3-7,16-18,20,25-26H,8-15,19H2,1-2H3/t26-/m0/s1. The second-order valence-corrected chi connectivity index (χ2v) is 10.9. The molecule has 1 atom stereocenters. The number of benzene rings is 2. The van der Waals surface area contributed by atoms with Crippen molar-refractivity contribution in [1.29, 1.82) is 0 Å². The van der Waals surface area contributed by atoms with E-state index >= 15 is 0 Å². The van der Waals surface area contributed by atoms with Crippen molar-refractivity contribution in [3.8, 4) is 0 Å². The van der Waals surface area contributed by atoms with Gasteiger partial charge >= 0.3 is 12.4 Å². The highest BCUT2D eigenvalue weighted by molar-refractivity contribution is 5.83. The van der Waals surface area contributed by atoms with Gasteiger partial charge in [0.2, 0.25) is 5.91 Å². The predicted octanol–water partition coefficient (Wildman–Crippen LogP) is 6.27. The topological polar surface area (TPSA) is 26.8 Å². The second-order valence-electron chi connectivity index (χ2n) is 10.9. The zero-order valence-corrected chi connectivity index (χ0v) is 22.2. The van der Waals surface area contributed by atoms with Gasteiger partial charge < -0.3 is 9.80 Å². The van der Waals surface area contributed by atoms with E-state index in [0.717, 1.165) is 56.1 Å². The number of carbonyl (C=O) groups is 1. The lowest BCUT2D eigenvalue weighted by atomic mass is 9.97. The second kappa shape index (κ2) is 11.9. The van der Waals surface area contributed by atoms with Gasteiger partial charge in [-0.3, -0.25) is 9.69 Å². The molecular weight excluding hydrogens is 520 g/mol. The summed E-state index contributed by atoms with van der Waals surface area (Å²) in [4.78, 5) is 19.7. The third kappa shape index (κ3) is 7.75. The van der Waals surface area contributed by atoms with Crippen LogP contribution in [0.15, 0.2) is 48.5 Å². The molecule has 39 heavy (non-hydrogen) atoms. The number of carbonyl (C=O) groups excluding carboxylic acids is 1. The highest BCUT2D eigenvalue weighted by atomic mass is 19.4. The normalized spacial score (nSPS) is 18.4. The summed E-state index contributed by atoms with van der Waals surface area (Å²) in [5, 5.41) is 0. The fourth-order valence-corrected chi connectivity index (χ4v) is 5.37. The summed E-state index contributed by atoms with van der Waals surface area (Å²) in [6.45, 7) is 2.53. The van der Waals surface area contributed by atoms with Crippen molar-refractivity contribution in [2.75, 3.05) is 40.3 Å². The third-order valence-corrected chi connectivity index (χ3v) is 7.84. The molecular formula is C29H35F6N3O. The van der Waals surface area contributed by atoms with Crippen LogP contribution in [0.5, 0.6) is 0 Å². The van der Waals surface area contributed by atoms with Crippen molar-refractivity contribution in [2.24, 2.45) is 5.92 Å². The molecule has 0 radical (unpaired) electrons. The van der Waals surface area contributed by atoms with Gasteiger partial charge in [0.15, 0.2) is 0 Å². The summed E-state index contributed by atoms with van der Waals surface area (Å²) in [5.41, 5.74) is -2.00. The molecule has 2 aromatic carbocycles. The third-order valence-electron chi connectivity index (χ3n) is 7.84. The van der Waals surface area contributed by atoms with Crippen molar-refractivity contribution < 1.29 is 31.1 Å². The van der Waals surface area contributed by atoms with Crippen LogP contribution in [0.3, 0.4) is 0 Å². The van der Waals surface area contributed by atoms with E-state index in [0.29, 0.717) is 6.04 Å². The Bertz CT molecular complexity index is 1080. The molecule has 0 aromatic heterocycles. The van der Waals surface area contributed by atoms with E-state index in [1.54, 1.807) is 7.05 Å². The number of piperidine rings is 1. The van der Waals surface area contributed by atoms with Gasteiger partial charge in [-0.05, 0) is 74.4 Å². The summed E-state index contributed by atoms with van der Waals surface area (Å²) >= 11 is 0. The molecule has 0 spiro atoms. The molecule has 0 unspecified atom stereocenters. The number of hydrogen-bond donors (Lipinski definition) is 0. The van der Waals surface area contributed by atoms with Crippen molar-refractivity contribution >= 4 is 5.91 Å². The number of likely N-dealkylation sites (tertiary alicyclic amines) is 1. The highest BCUT2D eigenvalue weighted by Crippen LogP contribution is 2.37. The maximum atomic E-state index is 13.7. The average molecular weight is 556 g/mol. The maximum absolute atomic E-state index is 13.7. The van der Waals surface area contributed by atoms with E-state index in [2.05, 4.69) is 16.8 Å². The number of rotatable bonds is 9. The van der Waals surface area contributed by atoms with E-state index in [1.807, 2.05) is 30.3 Å². The van der Waals surface area contributed by atoms with Crippen LogP contribution in [-0.4, -0.2) is 66.9 Å². The molecule has 1 aliphatic carbocycles. The van der Waals surface area contributed by atoms with Gasteiger partial charge in [0.1, 0.15) is 6.04 Å². The first-order valence-electron chi connectivity index (χ1n) is 13.4. The van der Waals surface area contributed by atoms with Crippen LogP contribution in [0.2, 0.25) is 0 Å². The Morgan fingerprint density at radius 2 is 1.46 bits per heavy atom. The molecule has 1 amide bonds. The molecule has 1 aliphatic heterocycles. The van der Waals surface area contributed by atoms with Crippen LogP contribution in [-0.2, 0) is 23.6 Å². The molecule has 0 bridgehead atoms. The molecule has 4 nitrogen and oxygen atoms in total. The summed E-state index contributed by atoms with van der Waals surface area (Å²) in [5.74, 6) is 0.568. The molecule has 1 saturated heterocycles. The number of nitrogens with zero attached hydrogens (tertiary/aromatic N) is 3. The SMILES string of the molecule is CN(CCc1cc(C(F)(F)F)cc(C(F)(F)F)c1)C(=O)[C@H](c1ccccc1)N1CCC(N(C)CC2CC2)CC1. The monoisotopic (exact) mass is 555 g/mol. The van der Waals surface area contributed by atoms with Gasteiger partial charge in [0.05, 0.1) is 11.1 Å². The van der Waals surface area contributed by atoms with Gasteiger partial charge in [-0.1, -0.05) is 30.3 Å². The predicted molar refractivity (Wildman–Crippen MR) is 137 cm³/mol. The average Bonchev–Trinajstić information content (AvgIpc) is 3.71. The summed E-state index contributed by atoms with van der Waals surface area (Å²) in [6.07, 6.45) is -5.52. The minimum Gasteiger partial charge on any atom is -0.344 e. The van der Waals surface area contributed by atoms with E-state index in [1.165, 1.54) is 17.7 Å². The Morgan fingerprint density at radius 1 is 0.897 bits per heavy atom. The number of halogens is 6. The van der Waals surface area contributed by atoms with E-state index in [4.69, 9.17) is 0 Å². The molecule has 214 valence electrons. The number of alkyl halides is 6.